The Labute approximate surface area is 186 Å². The van der Waals surface area contributed by atoms with Gasteiger partial charge in [-0.25, -0.2) is 0 Å². The van der Waals surface area contributed by atoms with Crippen LogP contribution in [0.2, 0.25) is 0 Å². The fraction of sp³-hybridized carbons (Fsp3) is 0.400. The van der Waals surface area contributed by atoms with Crippen molar-refractivity contribution in [2.75, 3.05) is 26.7 Å². The fourth-order valence-corrected chi connectivity index (χ4v) is 5.01. The number of amides is 2. The molecule has 0 aliphatic carbocycles. The minimum absolute atomic E-state index is 0.00419. The van der Waals surface area contributed by atoms with Crippen molar-refractivity contribution in [2.24, 2.45) is 5.92 Å². The van der Waals surface area contributed by atoms with Crippen LogP contribution < -0.4 is 9.47 Å². The fourth-order valence-electron chi connectivity index (χ4n) is 5.01. The molecule has 0 bridgehead atoms. The van der Waals surface area contributed by atoms with Crippen LogP contribution in [0.1, 0.15) is 35.2 Å². The van der Waals surface area contributed by atoms with E-state index < -0.39 is 5.60 Å². The van der Waals surface area contributed by atoms with Gasteiger partial charge in [0, 0.05) is 32.5 Å². The molecule has 3 aliphatic rings. The molecule has 2 unspecified atom stereocenters. The number of benzene rings is 2. The van der Waals surface area contributed by atoms with Crippen molar-refractivity contribution in [2.45, 2.75) is 31.4 Å². The lowest BCUT2D eigenvalue weighted by Gasteiger charge is -2.35. The van der Waals surface area contributed by atoms with Crippen LogP contribution in [-0.2, 0) is 16.1 Å². The molecule has 2 saturated heterocycles. The molecular formula is C25H26N2O5. The van der Waals surface area contributed by atoms with Gasteiger partial charge in [0.15, 0.2) is 5.78 Å². The number of carbonyl (C=O) groups is 3. The number of hydrogen-bond donors (Lipinski definition) is 0. The van der Waals surface area contributed by atoms with Crippen molar-refractivity contribution in [3.8, 4) is 11.5 Å². The number of likely N-dealkylation sites (tertiary alicyclic amines) is 2. The maximum absolute atomic E-state index is 13.2. The van der Waals surface area contributed by atoms with Crippen molar-refractivity contribution < 1.29 is 23.9 Å². The van der Waals surface area contributed by atoms with Gasteiger partial charge in [-0.1, -0.05) is 30.3 Å². The average Bonchev–Trinajstić information content (AvgIpc) is 3.37. The molecule has 2 amide bonds. The lowest BCUT2D eigenvalue weighted by molar-refractivity contribution is -0.135. The predicted molar refractivity (Wildman–Crippen MR) is 116 cm³/mol. The standard InChI is InChI=1S/C25H26N2O5/c1-31-19-7-8-22-20(12-19)21(28)13-25(32-22)9-10-26(16-25)24(30)18-11-23(29)27(15-18)14-17-5-3-2-4-6-17/h2-8,12,18H,9-11,13-16H2,1H3. The summed E-state index contributed by atoms with van der Waals surface area (Å²) in [6.07, 6.45) is 1.07. The largest absolute Gasteiger partial charge is 0.497 e. The molecule has 32 heavy (non-hydrogen) atoms. The molecule has 3 aliphatic heterocycles. The van der Waals surface area contributed by atoms with Gasteiger partial charge in [-0.3, -0.25) is 14.4 Å². The third-order valence-electron chi connectivity index (χ3n) is 6.70. The molecule has 1 spiro atoms. The highest BCUT2D eigenvalue weighted by molar-refractivity contribution is 6.01. The Hall–Kier alpha value is -3.35. The molecule has 0 aromatic heterocycles. The first kappa shape index (κ1) is 20.5. The number of rotatable bonds is 4. The average molecular weight is 434 g/mol. The lowest BCUT2D eigenvalue weighted by Crippen LogP contribution is -2.46. The van der Waals surface area contributed by atoms with Crippen molar-refractivity contribution in [1.29, 1.82) is 0 Å². The minimum Gasteiger partial charge on any atom is -0.497 e. The molecular weight excluding hydrogens is 408 g/mol. The number of hydrogen-bond acceptors (Lipinski definition) is 5. The molecule has 0 radical (unpaired) electrons. The Balaban J connectivity index is 1.25. The molecule has 0 N–H and O–H groups in total. The second-order valence-corrected chi connectivity index (χ2v) is 8.92. The van der Waals surface area contributed by atoms with Crippen LogP contribution in [0.4, 0.5) is 0 Å². The van der Waals surface area contributed by atoms with Gasteiger partial charge in [0.25, 0.3) is 0 Å². The van der Waals surface area contributed by atoms with Crippen molar-refractivity contribution in [1.82, 2.24) is 9.80 Å². The molecule has 7 nitrogen and oxygen atoms in total. The van der Waals surface area contributed by atoms with Crippen LogP contribution in [0.25, 0.3) is 0 Å². The number of methoxy groups -OCH3 is 1. The van der Waals surface area contributed by atoms with Gasteiger partial charge in [-0.2, -0.15) is 0 Å². The second-order valence-electron chi connectivity index (χ2n) is 8.92. The van der Waals surface area contributed by atoms with E-state index in [1.807, 2.05) is 30.3 Å². The Kier molecular flexibility index (Phi) is 5.12. The zero-order chi connectivity index (χ0) is 22.3. The van der Waals surface area contributed by atoms with Gasteiger partial charge in [0.1, 0.15) is 17.1 Å². The van der Waals surface area contributed by atoms with Gasteiger partial charge in [0.2, 0.25) is 11.8 Å². The lowest BCUT2D eigenvalue weighted by atomic mass is 9.89. The first-order valence-electron chi connectivity index (χ1n) is 11.0. The molecule has 166 valence electrons. The number of carbonyl (C=O) groups excluding carboxylic acids is 3. The summed E-state index contributed by atoms with van der Waals surface area (Å²) < 4.78 is 11.5. The third kappa shape index (κ3) is 3.72. The van der Waals surface area contributed by atoms with Crippen molar-refractivity contribution in [3.05, 3.63) is 59.7 Å². The van der Waals surface area contributed by atoms with Crippen molar-refractivity contribution >= 4 is 17.6 Å². The molecule has 3 heterocycles. The summed E-state index contributed by atoms with van der Waals surface area (Å²) in [4.78, 5) is 42.1. The summed E-state index contributed by atoms with van der Waals surface area (Å²) in [6.45, 7) is 1.84. The molecule has 2 aromatic carbocycles. The van der Waals surface area contributed by atoms with Crippen LogP contribution in [0.15, 0.2) is 48.5 Å². The quantitative estimate of drug-likeness (QED) is 0.740. The monoisotopic (exact) mass is 434 g/mol. The van der Waals surface area contributed by atoms with Gasteiger partial charge >= 0.3 is 0 Å². The van der Waals surface area contributed by atoms with E-state index in [1.54, 1.807) is 35.1 Å². The Bertz CT molecular complexity index is 1070. The summed E-state index contributed by atoms with van der Waals surface area (Å²) in [5.41, 5.74) is 0.886. The van der Waals surface area contributed by atoms with Gasteiger partial charge in [-0.05, 0) is 23.8 Å². The number of Topliss-reactive ketones (excluding diaryl/α,β-unsaturated/α-hetero) is 1. The maximum Gasteiger partial charge on any atom is 0.228 e. The Morgan fingerprint density at radius 2 is 2.00 bits per heavy atom. The maximum atomic E-state index is 13.2. The van der Waals surface area contributed by atoms with E-state index >= 15 is 0 Å². The molecule has 0 saturated carbocycles. The molecule has 2 atom stereocenters. The first-order valence-corrected chi connectivity index (χ1v) is 11.0. The molecule has 5 rings (SSSR count). The highest BCUT2D eigenvalue weighted by Gasteiger charge is 2.48. The van der Waals surface area contributed by atoms with Gasteiger partial charge in [-0.15, -0.1) is 0 Å². The number of ether oxygens (including phenoxy) is 2. The van der Waals surface area contributed by atoms with Crippen LogP contribution in [0.3, 0.4) is 0 Å². The number of fused-ring (bicyclic) bond motifs is 1. The molecule has 2 aromatic rings. The summed E-state index contributed by atoms with van der Waals surface area (Å²) >= 11 is 0. The van der Waals surface area contributed by atoms with Crippen LogP contribution in [0.5, 0.6) is 11.5 Å². The zero-order valence-corrected chi connectivity index (χ0v) is 18.1. The van der Waals surface area contributed by atoms with Crippen LogP contribution >= 0.6 is 0 Å². The number of nitrogens with zero attached hydrogens (tertiary/aromatic N) is 2. The van der Waals surface area contributed by atoms with Gasteiger partial charge in [0.05, 0.1) is 31.6 Å². The Morgan fingerprint density at radius 3 is 2.78 bits per heavy atom. The van der Waals surface area contributed by atoms with E-state index in [-0.39, 0.29) is 36.4 Å². The van der Waals surface area contributed by atoms with E-state index in [0.717, 1.165) is 5.56 Å². The zero-order valence-electron chi connectivity index (χ0n) is 18.1. The van der Waals surface area contributed by atoms with Gasteiger partial charge < -0.3 is 19.3 Å². The summed E-state index contributed by atoms with van der Waals surface area (Å²) in [5.74, 6) is 0.796. The summed E-state index contributed by atoms with van der Waals surface area (Å²) in [7, 11) is 1.56. The first-order chi connectivity index (χ1) is 15.5. The predicted octanol–water partition coefficient (Wildman–Crippen LogP) is 2.68. The van der Waals surface area contributed by atoms with Crippen LogP contribution in [-0.4, -0.2) is 59.7 Å². The van der Waals surface area contributed by atoms with E-state index in [9.17, 15) is 14.4 Å². The summed E-state index contributed by atoms with van der Waals surface area (Å²) in [6, 6.07) is 15.0. The minimum atomic E-state index is -0.694. The normalized spacial score (nSPS) is 24.6. The topological polar surface area (TPSA) is 76.2 Å². The van der Waals surface area contributed by atoms with Crippen LogP contribution in [0, 0.1) is 5.92 Å². The number of ketones is 1. The smallest absolute Gasteiger partial charge is 0.228 e. The van der Waals surface area contributed by atoms with Crippen molar-refractivity contribution in [3.63, 3.8) is 0 Å². The highest BCUT2D eigenvalue weighted by Crippen LogP contribution is 2.40. The third-order valence-corrected chi connectivity index (χ3v) is 6.70. The highest BCUT2D eigenvalue weighted by atomic mass is 16.5. The SMILES string of the molecule is COc1ccc2c(c1)C(=O)CC1(CCN(C(=O)C3CC(=O)N(Cc4ccccc4)C3)C1)O2. The van der Waals surface area contributed by atoms with E-state index in [4.69, 9.17) is 9.47 Å². The van der Waals surface area contributed by atoms with E-state index in [1.165, 1.54) is 0 Å². The summed E-state index contributed by atoms with van der Waals surface area (Å²) in [5, 5.41) is 0. The second kappa shape index (κ2) is 7.97. The molecule has 7 heteroatoms. The van der Waals surface area contributed by atoms with E-state index in [2.05, 4.69) is 0 Å². The molecule has 2 fully saturated rings. The van der Waals surface area contributed by atoms with E-state index in [0.29, 0.717) is 49.7 Å². The Morgan fingerprint density at radius 1 is 1.19 bits per heavy atom.